The number of nitrogens with zero attached hydrogens (tertiary/aromatic N) is 2. The van der Waals surface area contributed by atoms with Gasteiger partial charge in [-0.25, -0.2) is 5.43 Å². The first-order valence-corrected chi connectivity index (χ1v) is 8.98. The highest BCUT2D eigenvalue weighted by molar-refractivity contribution is 7.12. The van der Waals surface area contributed by atoms with Crippen LogP contribution in [0.1, 0.15) is 28.1 Å². The highest BCUT2D eigenvalue weighted by Gasteiger charge is 2.19. The first-order chi connectivity index (χ1) is 12.2. The summed E-state index contributed by atoms with van der Waals surface area (Å²) in [5, 5.41) is 5.89. The van der Waals surface area contributed by atoms with E-state index in [2.05, 4.69) is 15.4 Å². The van der Waals surface area contributed by atoms with E-state index in [0.29, 0.717) is 10.6 Å². The van der Waals surface area contributed by atoms with Crippen LogP contribution in [-0.2, 0) is 0 Å². The summed E-state index contributed by atoms with van der Waals surface area (Å²) in [6, 6.07) is 7.43. The summed E-state index contributed by atoms with van der Waals surface area (Å²) < 4.78 is 11.0. The van der Waals surface area contributed by atoms with E-state index in [0.717, 1.165) is 30.1 Å². The number of anilines is 1. The zero-order valence-electron chi connectivity index (χ0n) is 14.3. The molecule has 0 spiro atoms. The molecule has 1 aliphatic rings. The minimum atomic E-state index is -0.231. The Morgan fingerprint density at radius 2 is 2.00 bits per heavy atom. The minimum absolute atomic E-state index is 0.231. The van der Waals surface area contributed by atoms with Gasteiger partial charge in [0.15, 0.2) is 0 Å². The van der Waals surface area contributed by atoms with Crippen molar-refractivity contribution < 1.29 is 14.3 Å². The zero-order valence-corrected chi connectivity index (χ0v) is 15.1. The standard InChI is InChI=1S/C18H21N3O3S/c1-23-15-11-14(21-7-3-4-8-21)16(24-2)10-13(15)12-19-20-18(22)17-6-5-9-25-17/h5-6,9-12H,3-4,7-8H2,1-2H3,(H,20,22)/b19-12+. The molecule has 1 N–H and O–H groups in total. The first-order valence-electron chi connectivity index (χ1n) is 8.11. The lowest BCUT2D eigenvalue weighted by Crippen LogP contribution is -2.19. The Labute approximate surface area is 151 Å². The lowest BCUT2D eigenvalue weighted by atomic mass is 10.1. The third kappa shape index (κ3) is 3.93. The van der Waals surface area contributed by atoms with Crippen LogP contribution in [0, 0.1) is 0 Å². The number of ether oxygens (including phenoxy) is 2. The number of benzene rings is 1. The Morgan fingerprint density at radius 3 is 2.64 bits per heavy atom. The molecule has 6 nitrogen and oxygen atoms in total. The molecule has 0 radical (unpaired) electrons. The van der Waals surface area contributed by atoms with Gasteiger partial charge in [0, 0.05) is 24.7 Å². The second-order valence-electron chi connectivity index (χ2n) is 5.64. The molecule has 1 aromatic carbocycles. The molecule has 1 aromatic heterocycles. The number of methoxy groups -OCH3 is 2. The second kappa shape index (κ2) is 8.02. The van der Waals surface area contributed by atoms with Crippen molar-refractivity contribution in [1.82, 2.24) is 5.43 Å². The number of carbonyl (C=O) groups excluding carboxylic acids is 1. The average molecular weight is 359 g/mol. The van der Waals surface area contributed by atoms with Crippen LogP contribution in [0.4, 0.5) is 5.69 Å². The maximum Gasteiger partial charge on any atom is 0.281 e. The normalized spacial score (nSPS) is 14.1. The Hall–Kier alpha value is -2.54. The van der Waals surface area contributed by atoms with Gasteiger partial charge in [-0.15, -0.1) is 11.3 Å². The molecule has 1 amide bonds. The average Bonchev–Trinajstić information content (AvgIpc) is 3.34. The summed E-state index contributed by atoms with van der Waals surface area (Å²) in [6.45, 7) is 2.04. The SMILES string of the molecule is COc1cc(N2CCCC2)c(OC)cc1/C=N/NC(=O)c1cccs1. The van der Waals surface area contributed by atoms with E-state index in [1.54, 1.807) is 26.5 Å². The minimum Gasteiger partial charge on any atom is -0.496 e. The highest BCUT2D eigenvalue weighted by Crippen LogP contribution is 2.36. The van der Waals surface area contributed by atoms with Gasteiger partial charge in [0.25, 0.3) is 5.91 Å². The summed E-state index contributed by atoms with van der Waals surface area (Å²) in [5.74, 6) is 1.23. The molecule has 0 saturated carbocycles. The lowest BCUT2D eigenvalue weighted by Gasteiger charge is -2.22. The van der Waals surface area contributed by atoms with Gasteiger partial charge in [-0.1, -0.05) is 6.07 Å². The van der Waals surface area contributed by atoms with Crippen molar-refractivity contribution in [3.63, 3.8) is 0 Å². The fourth-order valence-electron chi connectivity index (χ4n) is 2.83. The van der Waals surface area contributed by atoms with Gasteiger partial charge in [0.05, 0.1) is 31.0 Å². The lowest BCUT2D eigenvalue weighted by molar-refractivity contribution is 0.0959. The predicted octanol–water partition coefficient (Wildman–Crippen LogP) is 3.13. The maximum atomic E-state index is 11.9. The molecule has 2 aromatic rings. The summed E-state index contributed by atoms with van der Waals surface area (Å²) >= 11 is 1.37. The number of thiophene rings is 1. The molecule has 0 bridgehead atoms. The Balaban J connectivity index is 1.80. The van der Waals surface area contributed by atoms with Gasteiger partial charge in [0.2, 0.25) is 0 Å². The van der Waals surface area contributed by atoms with Crippen LogP contribution < -0.4 is 19.8 Å². The van der Waals surface area contributed by atoms with Crippen LogP contribution in [-0.4, -0.2) is 39.4 Å². The van der Waals surface area contributed by atoms with Crippen molar-refractivity contribution >= 4 is 29.1 Å². The van der Waals surface area contributed by atoms with Crippen LogP contribution in [0.5, 0.6) is 11.5 Å². The molecule has 0 aliphatic carbocycles. The molecular formula is C18H21N3O3S. The predicted molar refractivity (Wildman–Crippen MR) is 100 cm³/mol. The van der Waals surface area contributed by atoms with Crippen molar-refractivity contribution in [1.29, 1.82) is 0 Å². The molecule has 1 aliphatic heterocycles. The van der Waals surface area contributed by atoms with Gasteiger partial charge < -0.3 is 14.4 Å². The Kier molecular flexibility index (Phi) is 5.55. The summed E-state index contributed by atoms with van der Waals surface area (Å²) in [5.41, 5.74) is 4.30. The van der Waals surface area contributed by atoms with Crippen molar-refractivity contribution in [2.75, 3.05) is 32.2 Å². The van der Waals surface area contributed by atoms with Crippen LogP contribution in [0.15, 0.2) is 34.7 Å². The number of hydrogen-bond donors (Lipinski definition) is 1. The smallest absolute Gasteiger partial charge is 0.281 e. The van der Waals surface area contributed by atoms with E-state index in [9.17, 15) is 4.79 Å². The number of amides is 1. The van der Waals surface area contributed by atoms with Crippen molar-refractivity contribution in [3.05, 3.63) is 40.1 Å². The Bertz CT molecular complexity index is 753. The van der Waals surface area contributed by atoms with E-state index in [1.807, 2.05) is 23.6 Å². The molecule has 2 heterocycles. The van der Waals surface area contributed by atoms with E-state index in [-0.39, 0.29) is 5.91 Å². The van der Waals surface area contributed by atoms with E-state index >= 15 is 0 Å². The zero-order chi connectivity index (χ0) is 17.6. The molecular weight excluding hydrogens is 338 g/mol. The Morgan fingerprint density at radius 1 is 1.24 bits per heavy atom. The van der Waals surface area contributed by atoms with Crippen LogP contribution >= 0.6 is 11.3 Å². The van der Waals surface area contributed by atoms with E-state index < -0.39 is 0 Å². The van der Waals surface area contributed by atoms with Gasteiger partial charge in [-0.05, 0) is 30.4 Å². The fourth-order valence-corrected chi connectivity index (χ4v) is 3.45. The topological polar surface area (TPSA) is 63.2 Å². The van der Waals surface area contributed by atoms with E-state index in [1.165, 1.54) is 24.2 Å². The van der Waals surface area contributed by atoms with Gasteiger partial charge in [0.1, 0.15) is 11.5 Å². The van der Waals surface area contributed by atoms with Crippen LogP contribution in [0.25, 0.3) is 0 Å². The number of carbonyl (C=O) groups is 1. The third-order valence-electron chi connectivity index (χ3n) is 4.09. The summed E-state index contributed by atoms with van der Waals surface area (Å²) in [7, 11) is 3.28. The quantitative estimate of drug-likeness (QED) is 0.636. The number of hydrogen-bond acceptors (Lipinski definition) is 6. The number of nitrogens with one attached hydrogen (secondary N) is 1. The van der Waals surface area contributed by atoms with Crippen molar-refractivity contribution in [3.8, 4) is 11.5 Å². The largest absolute Gasteiger partial charge is 0.496 e. The van der Waals surface area contributed by atoms with Crippen molar-refractivity contribution in [2.45, 2.75) is 12.8 Å². The number of hydrazone groups is 1. The third-order valence-corrected chi connectivity index (χ3v) is 4.96. The molecule has 0 atom stereocenters. The molecule has 1 fully saturated rings. The maximum absolute atomic E-state index is 11.9. The molecule has 0 unspecified atom stereocenters. The monoisotopic (exact) mass is 359 g/mol. The van der Waals surface area contributed by atoms with Gasteiger partial charge in [-0.2, -0.15) is 5.10 Å². The summed E-state index contributed by atoms with van der Waals surface area (Å²) in [6.07, 6.45) is 3.94. The van der Waals surface area contributed by atoms with Crippen LogP contribution in [0.2, 0.25) is 0 Å². The van der Waals surface area contributed by atoms with Crippen LogP contribution in [0.3, 0.4) is 0 Å². The van der Waals surface area contributed by atoms with Crippen molar-refractivity contribution in [2.24, 2.45) is 5.10 Å². The molecule has 25 heavy (non-hydrogen) atoms. The molecule has 1 saturated heterocycles. The second-order valence-corrected chi connectivity index (χ2v) is 6.58. The molecule has 7 heteroatoms. The number of rotatable bonds is 6. The fraction of sp³-hybridized carbons (Fsp3) is 0.333. The van der Waals surface area contributed by atoms with Gasteiger partial charge in [-0.3, -0.25) is 4.79 Å². The van der Waals surface area contributed by atoms with Gasteiger partial charge >= 0.3 is 0 Å². The molecule has 3 rings (SSSR count). The first kappa shape index (κ1) is 17.3. The molecule has 132 valence electrons. The van der Waals surface area contributed by atoms with E-state index in [4.69, 9.17) is 9.47 Å². The highest BCUT2D eigenvalue weighted by atomic mass is 32.1. The summed E-state index contributed by atoms with van der Waals surface area (Å²) in [4.78, 5) is 14.8.